The molecule has 2 aromatic rings. The van der Waals surface area contributed by atoms with Crippen LogP contribution in [0.2, 0.25) is 5.02 Å². The van der Waals surface area contributed by atoms with Crippen LogP contribution in [0, 0.1) is 0 Å². The van der Waals surface area contributed by atoms with E-state index in [1.807, 2.05) is 0 Å². The molecule has 0 unspecified atom stereocenters. The molecule has 0 aliphatic carbocycles. The number of amides is 1. The van der Waals surface area contributed by atoms with E-state index in [9.17, 15) is 9.59 Å². The van der Waals surface area contributed by atoms with Gasteiger partial charge in [-0.05, 0) is 35.9 Å². The van der Waals surface area contributed by atoms with E-state index in [0.29, 0.717) is 5.02 Å². The third kappa shape index (κ3) is 4.15. The van der Waals surface area contributed by atoms with Gasteiger partial charge in [-0.25, -0.2) is 4.79 Å². The number of nitrogens with zero attached hydrogens (tertiary/aromatic N) is 1. The minimum Gasteiger partial charge on any atom is -0.478 e. The predicted octanol–water partition coefficient (Wildman–Crippen LogP) is 3.09. The van der Waals surface area contributed by atoms with E-state index < -0.39 is 11.9 Å². The molecule has 106 valence electrons. The minimum absolute atomic E-state index is 0.0254. The van der Waals surface area contributed by atoms with Crippen LogP contribution in [0.3, 0.4) is 0 Å². The van der Waals surface area contributed by atoms with Gasteiger partial charge in [-0.1, -0.05) is 17.7 Å². The summed E-state index contributed by atoms with van der Waals surface area (Å²) >= 11 is 5.81. The van der Waals surface area contributed by atoms with Gasteiger partial charge in [-0.15, -0.1) is 0 Å². The predicted molar refractivity (Wildman–Crippen MR) is 80.3 cm³/mol. The highest BCUT2D eigenvalue weighted by Gasteiger charge is 2.11. The normalized spacial score (nSPS) is 10.5. The molecule has 2 rings (SSSR count). The zero-order valence-electron chi connectivity index (χ0n) is 10.8. The lowest BCUT2D eigenvalue weighted by molar-refractivity contribution is -0.111. The van der Waals surface area contributed by atoms with Crippen molar-refractivity contribution in [3.8, 4) is 0 Å². The number of benzene rings is 1. The standard InChI is InChI=1S/C15H11ClN2O3/c16-11-4-5-12(15(20)21)13(8-11)18-14(19)6-3-10-2-1-7-17-9-10/h1-9H,(H,18,19)(H,20,21)/b6-3+. The number of aromatic carboxylic acids is 1. The molecule has 0 aliphatic heterocycles. The zero-order valence-corrected chi connectivity index (χ0v) is 11.5. The number of halogens is 1. The molecule has 1 heterocycles. The van der Waals surface area contributed by atoms with Crippen LogP contribution in [0.15, 0.2) is 48.8 Å². The number of hydrogen-bond donors (Lipinski definition) is 2. The quantitative estimate of drug-likeness (QED) is 0.851. The van der Waals surface area contributed by atoms with E-state index in [1.165, 1.54) is 24.3 Å². The van der Waals surface area contributed by atoms with Crippen LogP contribution in [0.1, 0.15) is 15.9 Å². The topological polar surface area (TPSA) is 79.3 Å². The number of carboxylic acid groups (broad SMARTS) is 1. The number of carbonyl (C=O) groups is 2. The van der Waals surface area contributed by atoms with Crippen LogP contribution in [0.5, 0.6) is 0 Å². The van der Waals surface area contributed by atoms with Gasteiger partial charge in [0.2, 0.25) is 5.91 Å². The molecular formula is C15H11ClN2O3. The number of nitrogens with one attached hydrogen (secondary N) is 1. The van der Waals surface area contributed by atoms with E-state index in [-0.39, 0.29) is 11.3 Å². The molecule has 0 aliphatic rings. The largest absolute Gasteiger partial charge is 0.478 e. The van der Waals surface area contributed by atoms with E-state index >= 15 is 0 Å². The van der Waals surface area contributed by atoms with Gasteiger partial charge in [-0.3, -0.25) is 9.78 Å². The molecular weight excluding hydrogens is 292 g/mol. The maximum Gasteiger partial charge on any atom is 0.337 e. The van der Waals surface area contributed by atoms with Gasteiger partial charge in [0.05, 0.1) is 11.3 Å². The fourth-order valence-corrected chi connectivity index (χ4v) is 1.80. The molecule has 21 heavy (non-hydrogen) atoms. The molecule has 0 saturated carbocycles. The first-order valence-corrected chi connectivity index (χ1v) is 6.36. The van der Waals surface area contributed by atoms with Crippen LogP contribution in [0.4, 0.5) is 5.69 Å². The Balaban J connectivity index is 2.15. The van der Waals surface area contributed by atoms with Crippen molar-refractivity contribution >= 4 is 35.2 Å². The summed E-state index contributed by atoms with van der Waals surface area (Å²) in [6.45, 7) is 0. The van der Waals surface area contributed by atoms with E-state index in [2.05, 4.69) is 10.3 Å². The van der Waals surface area contributed by atoms with Gasteiger partial charge in [0, 0.05) is 23.5 Å². The Morgan fingerprint density at radius 3 is 2.76 bits per heavy atom. The number of pyridine rings is 1. The van der Waals surface area contributed by atoms with Gasteiger partial charge in [0.1, 0.15) is 0 Å². The van der Waals surface area contributed by atoms with Crippen molar-refractivity contribution in [2.75, 3.05) is 5.32 Å². The molecule has 1 amide bonds. The molecule has 5 nitrogen and oxygen atoms in total. The number of carboxylic acids is 1. The Kier molecular flexibility index (Phi) is 4.68. The highest BCUT2D eigenvalue weighted by atomic mass is 35.5. The molecule has 0 spiro atoms. The average Bonchev–Trinajstić information content (AvgIpc) is 2.46. The summed E-state index contributed by atoms with van der Waals surface area (Å²) in [7, 11) is 0. The lowest BCUT2D eigenvalue weighted by atomic mass is 10.1. The van der Waals surface area contributed by atoms with Crippen LogP contribution < -0.4 is 5.32 Å². The third-order valence-corrected chi connectivity index (χ3v) is 2.82. The number of anilines is 1. The number of hydrogen-bond acceptors (Lipinski definition) is 3. The third-order valence-electron chi connectivity index (χ3n) is 2.58. The number of carbonyl (C=O) groups excluding carboxylic acids is 1. The first-order chi connectivity index (χ1) is 10.1. The van der Waals surface area contributed by atoms with Crippen LogP contribution in [0.25, 0.3) is 6.08 Å². The van der Waals surface area contributed by atoms with Crippen LogP contribution >= 0.6 is 11.6 Å². The zero-order chi connectivity index (χ0) is 15.2. The Hall–Kier alpha value is -2.66. The summed E-state index contributed by atoms with van der Waals surface area (Å²) in [4.78, 5) is 26.8. The fourth-order valence-electron chi connectivity index (χ4n) is 1.63. The van der Waals surface area contributed by atoms with Gasteiger partial charge in [0.25, 0.3) is 0 Å². The monoisotopic (exact) mass is 302 g/mol. The molecule has 0 saturated heterocycles. The molecule has 1 aromatic heterocycles. The summed E-state index contributed by atoms with van der Waals surface area (Å²) in [5, 5.41) is 11.9. The highest BCUT2D eigenvalue weighted by molar-refractivity contribution is 6.31. The van der Waals surface area contributed by atoms with Crippen LogP contribution in [-0.2, 0) is 4.79 Å². The number of aromatic nitrogens is 1. The van der Waals surface area contributed by atoms with Crippen molar-refractivity contribution < 1.29 is 14.7 Å². The first-order valence-electron chi connectivity index (χ1n) is 5.98. The second-order valence-electron chi connectivity index (χ2n) is 4.10. The summed E-state index contributed by atoms with van der Waals surface area (Å²) in [5.41, 5.74) is 0.885. The SMILES string of the molecule is O=C(/C=C/c1cccnc1)Nc1cc(Cl)ccc1C(=O)O. The Morgan fingerprint density at radius 2 is 2.10 bits per heavy atom. The fraction of sp³-hybridized carbons (Fsp3) is 0. The highest BCUT2D eigenvalue weighted by Crippen LogP contribution is 2.21. The van der Waals surface area contributed by atoms with Crippen molar-refractivity contribution in [1.29, 1.82) is 0 Å². The lowest BCUT2D eigenvalue weighted by Crippen LogP contribution is -2.12. The van der Waals surface area contributed by atoms with E-state index in [1.54, 1.807) is 30.6 Å². The Morgan fingerprint density at radius 1 is 1.29 bits per heavy atom. The average molecular weight is 303 g/mol. The first kappa shape index (κ1) is 14.7. The second-order valence-corrected chi connectivity index (χ2v) is 4.54. The molecule has 2 N–H and O–H groups in total. The van der Waals surface area contributed by atoms with Crippen molar-refractivity contribution in [3.05, 3.63) is 65.0 Å². The summed E-state index contributed by atoms with van der Waals surface area (Å²) in [6, 6.07) is 7.72. The Bertz CT molecular complexity index is 699. The summed E-state index contributed by atoms with van der Waals surface area (Å²) in [6.07, 6.45) is 6.10. The van der Waals surface area contributed by atoms with Gasteiger partial charge in [-0.2, -0.15) is 0 Å². The van der Waals surface area contributed by atoms with Gasteiger partial charge < -0.3 is 10.4 Å². The number of rotatable bonds is 4. The minimum atomic E-state index is -1.14. The van der Waals surface area contributed by atoms with Crippen molar-refractivity contribution in [1.82, 2.24) is 4.98 Å². The van der Waals surface area contributed by atoms with Crippen molar-refractivity contribution in [2.45, 2.75) is 0 Å². The van der Waals surface area contributed by atoms with E-state index in [0.717, 1.165) is 5.56 Å². The van der Waals surface area contributed by atoms with Crippen molar-refractivity contribution in [2.24, 2.45) is 0 Å². The molecule has 0 fully saturated rings. The molecule has 0 atom stereocenters. The van der Waals surface area contributed by atoms with Gasteiger partial charge >= 0.3 is 5.97 Å². The molecule has 1 aromatic carbocycles. The summed E-state index contributed by atoms with van der Waals surface area (Å²) in [5.74, 6) is -1.60. The van der Waals surface area contributed by atoms with Crippen LogP contribution in [-0.4, -0.2) is 22.0 Å². The molecule has 0 radical (unpaired) electrons. The Labute approximate surface area is 125 Å². The maximum absolute atomic E-state index is 11.8. The lowest BCUT2D eigenvalue weighted by Gasteiger charge is -2.07. The molecule has 6 heteroatoms. The van der Waals surface area contributed by atoms with Crippen molar-refractivity contribution in [3.63, 3.8) is 0 Å². The second kappa shape index (κ2) is 6.67. The van der Waals surface area contributed by atoms with Gasteiger partial charge in [0.15, 0.2) is 0 Å². The smallest absolute Gasteiger partial charge is 0.337 e. The molecule has 0 bridgehead atoms. The maximum atomic E-state index is 11.8. The summed E-state index contributed by atoms with van der Waals surface area (Å²) < 4.78 is 0. The van der Waals surface area contributed by atoms with E-state index in [4.69, 9.17) is 16.7 Å².